The molecule has 0 N–H and O–H groups in total. The normalized spacial score (nSPS) is 7.00. The molecule has 0 saturated heterocycles. The second-order valence-electron chi connectivity index (χ2n) is 0.789. The highest BCUT2D eigenvalue weighted by molar-refractivity contribution is 7.66. The van der Waals surface area contributed by atoms with E-state index in [1.165, 1.54) is 6.92 Å². The van der Waals surface area contributed by atoms with E-state index in [1.54, 1.807) is 0 Å². The van der Waals surface area contributed by atoms with E-state index in [0.29, 0.717) is 0 Å². The lowest BCUT2D eigenvalue weighted by Crippen LogP contribution is -1.94. The lowest BCUT2D eigenvalue weighted by molar-refractivity contribution is -0.121. The fraction of sp³-hybridized carbons (Fsp3) is 0.333. The first kappa shape index (κ1) is 6.36. The molecular formula is C3H4O3S. The van der Waals surface area contributed by atoms with Gasteiger partial charge in [0.05, 0.1) is 0 Å². The topological polar surface area (TPSA) is 43.4 Å². The van der Waals surface area contributed by atoms with Crippen molar-refractivity contribution in [2.24, 2.45) is 0 Å². The van der Waals surface area contributed by atoms with Crippen LogP contribution in [0.4, 0.5) is 0 Å². The zero-order valence-corrected chi connectivity index (χ0v) is 4.53. The first-order chi connectivity index (χ1) is 3.31. The molecular weight excluding hydrogens is 116 g/mol. The molecule has 4 heteroatoms. The summed E-state index contributed by atoms with van der Waals surface area (Å²) in [4.78, 5) is 9.38. The van der Waals surface area contributed by atoms with Crippen LogP contribution in [0.2, 0.25) is 0 Å². The molecule has 0 fully saturated rings. The summed E-state index contributed by atoms with van der Waals surface area (Å²) in [5, 5.41) is 0.120. The Kier molecular flexibility index (Phi) is 3.22. The van der Waals surface area contributed by atoms with Gasteiger partial charge in [-0.15, -0.1) is 0 Å². The molecule has 0 amide bonds. The summed E-state index contributed by atoms with van der Waals surface area (Å²) in [7, 11) is 0. The predicted molar refractivity (Wildman–Crippen MR) is 26.0 cm³/mol. The third kappa shape index (κ3) is 3.18. The van der Waals surface area contributed by atoms with Crippen molar-refractivity contribution >= 4 is 22.8 Å². The molecule has 0 aliphatic heterocycles. The van der Waals surface area contributed by atoms with E-state index in [0.717, 1.165) is 0 Å². The maximum Gasteiger partial charge on any atom is 0.299 e. The summed E-state index contributed by atoms with van der Waals surface area (Å²) in [6.45, 7) is 1.65. The molecule has 0 aromatic carbocycles. The van der Waals surface area contributed by atoms with Gasteiger partial charge in [-0.05, 0) is 0 Å². The zero-order chi connectivity index (χ0) is 5.70. The maximum absolute atomic E-state index is 9.62. The molecule has 3 nitrogen and oxygen atoms in total. The van der Waals surface area contributed by atoms with Crippen LogP contribution in [-0.4, -0.2) is 15.7 Å². The summed E-state index contributed by atoms with van der Waals surface area (Å²) in [6, 6.07) is 0. The highest BCUT2D eigenvalue weighted by atomic mass is 32.1. The van der Waals surface area contributed by atoms with Crippen molar-refractivity contribution < 1.29 is 13.7 Å². The number of carbonyl (C=O) groups excluding carboxylic acids is 1. The Bertz CT molecular complexity index is 113. The molecule has 7 heavy (non-hydrogen) atoms. The minimum Gasteiger partial charge on any atom is -0.419 e. The van der Waals surface area contributed by atoms with Crippen LogP contribution in [0.5, 0.6) is 0 Å². The van der Waals surface area contributed by atoms with Gasteiger partial charge in [0.15, 0.2) is 5.05 Å². The first-order valence-corrected chi connectivity index (χ1v) is 2.29. The van der Waals surface area contributed by atoms with Gasteiger partial charge < -0.3 is 4.74 Å². The summed E-state index contributed by atoms with van der Waals surface area (Å²) in [5.41, 5.74) is 0. The number of hydrogen-bond donors (Lipinski definition) is 0. The van der Waals surface area contributed by atoms with Gasteiger partial charge in [0.2, 0.25) is 0 Å². The van der Waals surface area contributed by atoms with Gasteiger partial charge >= 0.3 is 0 Å². The van der Waals surface area contributed by atoms with E-state index < -0.39 is 0 Å². The van der Waals surface area contributed by atoms with Crippen molar-refractivity contribution in [2.75, 3.05) is 0 Å². The fourth-order valence-electron chi connectivity index (χ4n) is 0.0874. The van der Waals surface area contributed by atoms with Crippen LogP contribution in [0.25, 0.3) is 0 Å². The lowest BCUT2D eigenvalue weighted by Gasteiger charge is -1.82. The van der Waals surface area contributed by atoms with Crippen LogP contribution in [0.3, 0.4) is 0 Å². The van der Waals surface area contributed by atoms with Crippen molar-refractivity contribution in [3.63, 3.8) is 0 Å². The van der Waals surface area contributed by atoms with Crippen LogP contribution in [-0.2, 0) is 20.8 Å². The minimum atomic E-state index is 0.120. The van der Waals surface area contributed by atoms with Crippen molar-refractivity contribution in [3.05, 3.63) is 0 Å². The van der Waals surface area contributed by atoms with Gasteiger partial charge in [-0.25, -0.2) is 4.21 Å². The molecule has 40 valence electrons. The highest BCUT2D eigenvalue weighted by Gasteiger charge is 1.81. The third-order valence-electron chi connectivity index (χ3n) is 0.331. The summed E-state index contributed by atoms with van der Waals surface area (Å²) in [6.07, 6.45) is 0. The fourth-order valence-corrected chi connectivity index (χ4v) is 0.166. The number of carbonyl (C=O) groups is 1. The summed E-state index contributed by atoms with van der Waals surface area (Å²) < 4.78 is 13.7. The number of ether oxygens (including phenoxy) is 1. The molecule has 0 rings (SSSR count). The van der Waals surface area contributed by atoms with E-state index >= 15 is 0 Å². The lowest BCUT2D eigenvalue weighted by atomic mass is 10.9. The molecule has 0 radical (unpaired) electrons. The van der Waals surface area contributed by atoms with E-state index in [4.69, 9.17) is 0 Å². The first-order valence-electron chi connectivity index (χ1n) is 1.55. The monoisotopic (exact) mass is 120 g/mol. The van der Waals surface area contributed by atoms with Gasteiger partial charge in [0.1, 0.15) is 11.3 Å². The molecule has 0 atom stereocenters. The molecule has 0 aliphatic rings. The standard InChI is InChI=1S/C3H4O3S/c1-3(7-5)6-2-4/h2H,1H3. The summed E-state index contributed by atoms with van der Waals surface area (Å²) in [5.74, 6) is 0. The third-order valence-corrected chi connectivity index (χ3v) is 0.662. The molecule has 0 spiro atoms. The van der Waals surface area contributed by atoms with Crippen LogP contribution in [0, 0.1) is 0 Å². The number of rotatable bonds is 1. The van der Waals surface area contributed by atoms with Gasteiger partial charge in [0.25, 0.3) is 6.47 Å². The van der Waals surface area contributed by atoms with Crippen molar-refractivity contribution in [2.45, 2.75) is 6.92 Å². The van der Waals surface area contributed by atoms with Gasteiger partial charge in [-0.2, -0.15) is 0 Å². The molecule has 0 unspecified atom stereocenters. The predicted octanol–water partition coefficient (Wildman–Crippen LogP) is -0.478. The average molecular weight is 120 g/mol. The van der Waals surface area contributed by atoms with Gasteiger partial charge in [-0.3, -0.25) is 4.79 Å². The zero-order valence-electron chi connectivity index (χ0n) is 3.71. The Morgan fingerprint density at radius 1 is 1.86 bits per heavy atom. The van der Waals surface area contributed by atoms with Crippen molar-refractivity contribution in [1.82, 2.24) is 0 Å². The van der Waals surface area contributed by atoms with Crippen LogP contribution in [0.1, 0.15) is 6.92 Å². The van der Waals surface area contributed by atoms with Crippen LogP contribution in [0.15, 0.2) is 0 Å². The SMILES string of the molecule is CC(OC=O)=S=O. The minimum absolute atomic E-state index is 0.120. The molecule has 0 bridgehead atoms. The Morgan fingerprint density at radius 2 is 2.43 bits per heavy atom. The van der Waals surface area contributed by atoms with E-state index in [2.05, 4.69) is 4.74 Å². The Hall–Kier alpha value is -0.640. The molecule has 0 saturated carbocycles. The largest absolute Gasteiger partial charge is 0.419 e. The second-order valence-corrected chi connectivity index (χ2v) is 1.53. The van der Waals surface area contributed by atoms with E-state index in [1.807, 2.05) is 0 Å². The molecule has 0 aromatic rings. The van der Waals surface area contributed by atoms with Crippen molar-refractivity contribution in [1.29, 1.82) is 0 Å². The second kappa shape index (κ2) is 3.55. The number of hydrogen-bond acceptors (Lipinski definition) is 3. The van der Waals surface area contributed by atoms with Crippen LogP contribution < -0.4 is 0 Å². The van der Waals surface area contributed by atoms with Crippen molar-refractivity contribution in [3.8, 4) is 0 Å². The van der Waals surface area contributed by atoms with E-state index in [9.17, 15) is 9.00 Å². The maximum atomic E-state index is 9.62. The Morgan fingerprint density at radius 3 is 2.57 bits per heavy atom. The van der Waals surface area contributed by atoms with Crippen LogP contribution >= 0.6 is 0 Å². The molecule has 0 aliphatic carbocycles. The molecule has 0 aromatic heterocycles. The molecule has 0 heterocycles. The Balaban J connectivity index is 3.58. The van der Waals surface area contributed by atoms with Gasteiger partial charge in [0, 0.05) is 6.92 Å². The average Bonchev–Trinajstić information content (AvgIpc) is 1.68. The smallest absolute Gasteiger partial charge is 0.299 e. The van der Waals surface area contributed by atoms with Gasteiger partial charge in [-0.1, -0.05) is 0 Å². The highest BCUT2D eigenvalue weighted by Crippen LogP contribution is 1.65. The Labute approximate surface area is 44.4 Å². The summed E-state index contributed by atoms with van der Waals surface area (Å²) >= 11 is 0.163. The quantitative estimate of drug-likeness (QED) is 0.347. The van der Waals surface area contributed by atoms with E-state index in [-0.39, 0.29) is 22.8 Å².